The number of Topliss-reactive ketones (excluding diaryl/α,β-unsaturated/α-hetero) is 1. The van der Waals surface area contributed by atoms with E-state index in [9.17, 15) is 13.2 Å². The van der Waals surface area contributed by atoms with Gasteiger partial charge in [0.05, 0.1) is 11.2 Å². The van der Waals surface area contributed by atoms with Crippen LogP contribution in [-0.2, 0) is 20.0 Å². The van der Waals surface area contributed by atoms with Crippen molar-refractivity contribution in [3.8, 4) is 0 Å². The Morgan fingerprint density at radius 3 is 2.10 bits per heavy atom. The van der Waals surface area contributed by atoms with Crippen molar-refractivity contribution in [2.24, 2.45) is 0 Å². The summed E-state index contributed by atoms with van der Waals surface area (Å²) in [7, 11) is -2.99. The lowest BCUT2D eigenvalue weighted by atomic mass is 9.71. The molecule has 0 N–H and O–H groups in total. The highest BCUT2D eigenvalue weighted by atomic mass is 32.2. The Hall–Kier alpha value is -1.16. The molecule has 1 aromatic rings. The minimum Gasteiger partial charge on any atom is -0.299 e. The van der Waals surface area contributed by atoms with E-state index in [2.05, 4.69) is 0 Å². The normalized spacial score (nSPS) is 12.3. The van der Waals surface area contributed by atoms with Gasteiger partial charge >= 0.3 is 0 Å². The average molecular weight is 310 g/mol. The summed E-state index contributed by atoms with van der Waals surface area (Å²) in [4.78, 5) is 12.7. The summed E-state index contributed by atoms with van der Waals surface area (Å²) in [5, 5.41) is 0. The number of hydrogen-bond donors (Lipinski definition) is 0. The summed E-state index contributed by atoms with van der Waals surface area (Å²) < 4.78 is 23.1. The van der Waals surface area contributed by atoms with Crippen molar-refractivity contribution in [3.05, 3.63) is 35.9 Å². The summed E-state index contributed by atoms with van der Waals surface area (Å²) in [6.07, 6.45) is 2.24. The second kappa shape index (κ2) is 7.74. The second-order valence-electron chi connectivity index (χ2n) is 5.42. The van der Waals surface area contributed by atoms with Gasteiger partial charge in [-0.15, -0.1) is 0 Å². The van der Waals surface area contributed by atoms with Gasteiger partial charge in [-0.2, -0.15) is 0 Å². The van der Waals surface area contributed by atoms with E-state index in [0.29, 0.717) is 12.8 Å². The van der Waals surface area contributed by atoms with Gasteiger partial charge in [-0.1, -0.05) is 51.1 Å². The molecule has 1 rings (SSSR count). The summed E-state index contributed by atoms with van der Waals surface area (Å²) in [5.41, 5.74) is 0.565. The number of carbonyl (C=O) groups excluding carboxylic acids is 1. The SMILES string of the molecule is CCC(CC)(C(=O)CCCS(=O)(=O)CC)c1ccccc1. The molecule has 0 fully saturated rings. The van der Waals surface area contributed by atoms with Gasteiger partial charge in [0.15, 0.2) is 0 Å². The molecule has 0 heterocycles. The highest BCUT2D eigenvalue weighted by molar-refractivity contribution is 7.91. The van der Waals surface area contributed by atoms with E-state index < -0.39 is 15.3 Å². The van der Waals surface area contributed by atoms with Crippen molar-refractivity contribution in [2.75, 3.05) is 11.5 Å². The Morgan fingerprint density at radius 1 is 1.05 bits per heavy atom. The first-order valence-electron chi connectivity index (χ1n) is 7.71. The third-order valence-electron chi connectivity index (χ3n) is 4.37. The van der Waals surface area contributed by atoms with Crippen molar-refractivity contribution >= 4 is 15.6 Å². The molecule has 0 radical (unpaired) electrons. The molecule has 21 heavy (non-hydrogen) atoms. The third-order valence-corrected chi connectivity index (χ3v) is 6.16. The summed E-state index contributed by atoms with van der Waals surface area (Å²) in [6.45, 7) is 5.69. The third kappa shape index (κ3) is 4.40. The molecular formula is C17H26O3S. The van der Waals surface area contributed by atoms with Crippen molar-refractivity contribution < 1.29 is 13.2 Å². The van der Waals surface area contributed by atoms with Gasteiger partial charge in [-0.25, -0.2) is 8.42 Å². The van der Waals surface area contributed by atoms with Gasteiger partial charge in [-0.3, -0.25) is 4.79 Å². The quantitative estimate of drug-likeness (QED) is 0.701. The summed E-state index contributed by atoms with van der Waals surface area (Å²) >= 11 is 0. The largest absolute Gasteiger partial charge is 0.299 e. The average Bonchev–Trinajstić information content (AvgIpc) is 2.50. The van der Waals surface area contributed by atoms with Crippen molar-refractivity contribution in [3.63, 3.8) is 0 Å². The van der Waals surface area contributed by atoms with Gasteiger partial charge in [0.1, 0.15) is 15.6 Å². The molecule has 0 bridgehead atoms. The van der Waals surface area contributed by atoms with Crippen LogP contribution < -0.4 is 0 Å². The smallest absolute Gasteiger partial charge is 0.150 e. The first kappa shape index (κ1) is 17.9. The van der Waals surface area contributed by atoms with Crippen LogP contribution in [0.15, 0.2) is 30.3 Å². The van der Waals surface area contributed by atoms with Crippen LogP contribution >= 0.6 is 0 Å². The first-order chi connectivity index (χ1) is 9.91. The maximum atomic E-state index is 12.7. The number of carbonyl (C=O) groups is 1. The van der Waals surface area contributed by atoms with Crippen LogP contribution in [0.1, 0.15) is 52.0 Å². The highest BCUT2D eigenvalue weighted by Crippen LogP contribution is 2.34. The molecule has 0 aromatic heterocycles. The minimum absolute atomic E-state index is 0.105. The number of hydrogen-bond acceptors (Lipinski definition) is 3. The fourth-order valence-corrected chi connectivity index (χ4v) is 3.68. The standard InChI is InChI=1S/C17H26O3S/c1-4-17(5-2,15-11-8-7-9-12-15)16(18)13-10-14-21(19,20)6-3/h7-9,11-12H,4-6,10,13-14H2,1-3H3. The second-order valence-corrected chi connectivity index (χ2v) is 7.89. The van der Waals surface area contributed by atoms with E-state index in [-0.39, 0.29) is 17.3 Å². The number of benzene rings is 1. The monoisotopic (exact) mass is 310 g/mol. The molecule has 0 spiro atoms. The Kier molecular flexibility index (Phi) is 6.59. The van der Waals surface area contributed by atoms with Crippen molar-refractivity contribution in [2.45, 2.75) is 51.9 Å². The van der Waals surface area contributed by atoms with E-state index >= 15 is 0 Å². The molecule has 0 saturated carbocycles. The maximum Gasteiger partial charge on any atom is 0.150 e. The topological polar surface area (TPSA) is 51.2 Å². The number of sulfone groups is 1. The molecule has 0 unspecified atom stereocenters. The zero-order valence-corrected chi connectivity index (χ0v) is 14.1. The minimum atomic E-state index is -2.99. The Labute approximate surface area is 128 Å². The van der Waals surface area contributed by atoms with Crippen LogP contribution in [0.3, 0.4) is 0 Å². The highest BCUT2D eigenvalue weighted by Gasteiger charge is 2.35. The van der Waals surface area contributed by atoms with Gasteiger partial charge in [0, 0.05) is 12.2 Å². The molecule has 4 heteroatoms. The number of ketones is 1. The zero-order chi connectivity index (χ0) is 15.9. The fraction of sp³-hybridized carbons (Fsp3) is 0.588. The molecule has 0 aliphatic carbocycles. The molecular weight excluding hydrogens is 284 g/mol. The molecule has 0 atom stereocenters. The van der Waals surface area contributed by atoms with Crippen molar-refractivity contribution in [1.82, 2.24) is 0 Å². The summed E-state index contributed by atoms with van der Waals surface area (Å²) in [6, 6.07) is 9.83. The van der Waals surface area contributed by atoms with E-state index in [1.54, 1.807) is 6.92 Å². The van der Waals surface area contributed by atoms with Crippen LogP contribution in [0.2, 0.25) is 0 Å². The molecule has 0 saturated heterocycles. The van der Waals surface area contributed by atoms with Crippen LogP contribution in [0, 0.1) is 0 Å². The van der Waals surface area contributed by atoms with Gasteiger partial charge < -0.3 is 0 Å². The Balaban J connectivity index is 2.84. The van der Waals surface area contributed by atoms with Gasteiger partial charge in [0.2, 0.25) is 0 Å². The molecule has 1 aromatic carbocycles. The predicted octanol–water partition coefficient (Wildman–Crippen LogP) is 3.53. The lowest BCUT2D eigenvalue weighted by Crippen LogP contribution is -2.35. The first-order valence-corrected chi connectivity index (χ1v) is 9.53. The fourth-order valence-electron chi connectivity index (χ4n) is 2.81. The van der Waals surface area contributed by atoms with E-state index in [4.69, 9.17) is 0 Å². The summed E-state index contributed by atoms with van der Waals surface area (Å²) in [5.74, 6) is 0.408. The predicted molar refractivity (Wildman–Crippen MR) is 87.3 cm³/mol. The van der Waals surface area contributed by atoms with Crippen molar-refractivity contribution in [1.29, 1.82) is 0 Å². The van der Waals surface area contributed by atoms with Crippen LogP contribution in [0.5, 0.6) is 0 Å². The molecule has 0 aliphatic heterocycles. The zero-order valence-electron chi connectivity index (χ0n) is 13.3. The Bertz CT molecular complexity index is 543. The lowest BCUT2D eigenvalue weighted by Gasteiger charge is -2.31. The van der Waals surface area contributed by atoms with Crippen LogP contribution in [0.4, 0.5) is 0 Å². The Morgan fingerprint density at radius 2 is 1.62 bits per heavy atom. The van der Waals surface area contributed by atoms with Crippen LogP contribution in [-0.4, -0.2) is 25.7 Å². The molecule has 0 aliphatic rings. The van der Waals surface area contributed by atoms with E-state index in [1.165, 1.54) is 0 Å². The van der Waals surface area contributed by atoms with Crippen LogP contribution in [0.25, 0.3) is 0 Å². The lowest BCUT2D eigenvalue weighted by molar-refractivity contribution is -0.125. The molecule has 0 amide bonds. The van der Waals surface area contributed by atoms with E-state index in [1.807, 2.05) is 44.2 Å². The maximum absolute atomic E-state index is 12.7. The number of rotatable bonds is 9. The van der Waals surface area contributed by atoms with Gasteiger partial charge in [0.25, 0.3) is 0 Å². The molecule has 3 nitrogen and oxygen atoms in total. The molecule has 118 valence electrons. The van der Waals surface area contributed by atoms with E-state index in [0.717, 1.165) is 18.4 Å². The van der Waals surface area contributed by atoms with Gasteiger partial charge in [-0.05, 0) is 24.8 Å².